The number of likely N-dealkylation sites (tertiary alicyclic amines) is 1. The molecule has 0 aromatic heterocycles. The molecule has 1 saturated heterocycles. The van der Waals surface area contributed by atoms with Gasteiger partial charge in [0.1, 0.15) is 5.76 Å². The minimum absolute atomic E-state index is 0.127. The fourth-order valence-corrected chi connectivity index (χ4v) is 5.05. The molecule has 1 atom stereocenters. The van der Waals surface area contributed by atoms with Crippen molar-refractivity contribution in [2.75, 3.05) is 45.2 Å². The van der Waals surface area contributed by atoms with Crippen LogP contribution in [0.5, 0.6) is 0 Å². The number of carbonyl (C=O) groups is 2. The molecule has 3 aromatic carbocycles. The molecule has 3 aromatic rings. The van der Waals surface area contributed by atoms with Crippen LogP contribution in [0.1, 0.15) is 37.4 Å². The molecule has 1 fully saturated rings. The molecule has 0 spiro atoms. The Morgan fingerprint density at radius 2 is 1.58 bits per heavy atom. The number of carbonyl (C=O) groups excluding carboxylic acids is 2. The van der Waals surface area contributed by atoms with Crippen LogP contribution in [0.25, 0.3) is 16.5 Å². The monoisotopic (exact) mass is 485 g/mol. The number of Topliss-reactive ketones (excluding diaryl/α,β-unsaturated/α-hetero) is 1. The first kappa shape index (κ1) is 25.5. The Bertz CT molecular complexity index is 1270. The summed E-state index contributed by atoms with van der Waals surface area (Å²) in [6, 6.07) is 20.7. The average Bonchev–Trinajstić information content (AvgIpc) is 3.14. The fourth-order valence-electron chi connectivity index (χ4n) is 5.05. The second-order valence-electron chi connectivity index (χ2n) is 9.44. The van der Waals surface area contributed by atoms with Gasteiger partial charge in [0.2, 0.25) is 0 Å². The summed E-state index contributed by atoms with van der Waals surface area (Å²) in [5.74, 6) is -1.32. The largest absolute Gasteiger partial charge is 0.507 e. The van der Waals surface area contributed by atoms with E-state index in [1.54, 1.807) is 11.0 Å². The minimum atomic E-state index is -0.642. The van der Waals surface area contributed by atoms with Crippen molar-refractivity contribution in [2.45, 2.75) is 26.3 Å². The molecule has 1 amide bonds. The van der Waals surface area contributed by atoms with E-state index in [2.05, 4.69) is 23.6 Å². The number of ketones is 1. The highest BCUT2D eigenvalue weighted by Crippen LogP contribution is 2.41. The summed E-state index contributed by atoms with van der Waals surface area (Å²) in [5.41, 5.74) is 2.61. The molecule has 0 radical (unpaired) electrons. The summed E-state index contributed by atoms with van der Waals surface area (Å²) in [4.78, 5) is 32.6. The molecule has 1 heterocycles. The second-order valence-corrected chi connectivity index (χ2v) is 9.44. The van der Waals surface area contributed by atoms with Crippen LogP contribution < -0.4 is 4.90 Å². The normalized spacial score (nSPS) is 17.4. The number of rotatable bonds is 9. The first-order valence-corrected chi connectivity index (χ1v) is 12.6. The quantitative estimate of drug-likeness (QED) is 0.261. The van der Waals surface area contributed by atoms with Crippen molar-refractivity contribution in [1.29, 1.82) is 0 Å². The van der Waals surface area contributed by atoms with Gasteiger partial charge in [0.15, 0.2) is 0 Å². The highest BCUT2D eigenvalue weighted by molar-refractivity contribution is 6.46. The predicted molar refractivity (Wildman–Crippen MR) is 146 cm³/mol. The first-order chi connectivity index (χ1) is 17.4. The number of hydrogen-bond donors (Lipinski definition) is 1. The van der Waals surface area contributed by atoms with Gasteiger partial charge in [-0.05, 0) is 69.4 Å². The van der Waals surface area contributed by atoms with E-state index in [1.807, 2.05) is 74.8 Å². The van der Waals surface area contributed by atoms with Gasteiger partial charge >= 0.3 is 0 Å². The molecule has 6 nitrogen and oxygen atoms in total. The van der Waals surface area contributed by atoms with Gasteiger partial charge in [0, 0.05) is 30.9 Å². The van der Waals surface area contributed by atoms with Gasteiger partial charge in [-0.3, -0.25) is 9.59 Å². The maximum atomic E-state index is 13.4. The van der Waals surface area contributed by atoms with E-state index in [0.717, 1.165) is 48.1 Å². The van der Waals surface area contributed by atoms with Gasteiger partial charge in [-0.15, -0.1) is 0 Å². The van der Waals surface area contributed by atoms with Crippen molar-refractivity contribution in [3.8, 4) is 0 Å². The van der Waals surface area contributed by atoms with Gasteiger partial charge in [-0.2, -0.15) is 0 Å². The zero-order valence-electron chi connectivity index (χ0n) is 21.6. The summed E-state index contributed by atoms with van der Waals surface area (Å²) in [6.45, 7) is 7.22. The Labute approximate surface area is 213 Å². The third-order valence-corrected chi connectivity index (χ3v) is 6.93. The average molecular weight is 486 g/mol. The lowest BCUT2D eigenvalue weighted by Gasteiger charge is -2.27. The molecule has 1 N–H and O–H groups in total. The molecule has 0 saturated carbocycles. The number of aliphatic hydroxyl groups excluding tert-OH is 1. The molecule has 1 aliphatic rings. The van der Waals surface area contributed by atoms with Crippen molar-refractivity contribution in [3.63, 3.8) is 0 Å². The second kappa shape index (κ2) is 11.0. The summed E-state index contributed by atoms with van der Waals surface area (Å²) in [7, 11) is 3.97. The smallest absolute Gasteiger partial charge is 0.295 e. The van der Waals surface area contributed by atoms with E-state index in [9.17, 15) is 14.7 Å². The SMILES string of the molecule is CCN(CC)c1ccc(C2/C(=C(/O)c3cccc4ccccc34)C(=O)C(=O)N2CCCN(C)C)cc1. The van der Waals surface area contributed by atoms with Crippen LogP contribution in [0.3, 0.4) is 0 Å². The van der Waals surface area contributed by atoms with Crippen molar-refractivity contribution in [2.24, 2.45) is 0 Å². The lowest BCUT2D eigenvalue weighted by molar-refractivity contribution is -0.139. The molecule has 1 aliphatic heterocycles. The topological polar surface area (TPSA) is 64.1 Å². The van der Waals surface area contributed by atoms with E-state index in [1.165, 1.54) is 0 Å². The Hall–Kier alpha value is -3.64. The zero-order chi connectivity index (χ0) is 25.8. The number of aliphatic hydroxyl groups is 1. The number of hydrogen-bond acceptors (Lipinski definition) is 5. The molecule has 0 bridgehead atoms. The molecule has 6 heteroatoms. The summed E-state index contributed by atoms with van der Waals surface area (Å²) < 4.78 is 0. The van der Waals surface area contributed by atoms with Gasteiger partial charge in [-0.25, -0.2) is 0 Å². The lowest BCUT2D eigenvalue weighted by Crippen LogP contribution is -2.32. The van der Waals surface area contributed by atoms with E-state index in [0.29, 0.717) is 12.1 Å². The molecular formula is C30H35N3O3. The van der Waals surface area contributed by atoms with Crippen LogP contribution in [0, 0.1) is 0 Å². The fraction of sp³-hybridized carbons (Fsp3) is 0.333. The van der Waals surface area contributed by atoms with Crippen molar-refractivity contribution >= 4 is 33.9 Å². The Balaban J connectivity index is 1.84. The maximum Gasteiger partial charge on any atom is 0.295 e. The third kappa shape index (κ3) is 4.86. The van der Waals surface area contributed by atoms with Crippen molar-refractivity contribution in [1.82, 2.24) is 9.80 Å². The number of amides is 1. The van der Waals surface area contributed by atoms with Crippen LogP contribution in [0.2, 0.25) is 0 Å². The molecule has 36 heavy (non-hydrogen) atoms. The Morgan fingerprint density at radius 1 is 0.917 bits per heavy atom. The van der Waals surface area contributed by atoms with Crippen molar-refractivity contribution < 1.29 is 14.7 Å². The highest BCUT2D eigenvalue weighted by Gasteiger charge is 2.45. The Kier molecular flexibility index (Phi) is 7.75. The van der Waals surface area contributed by atoms with E-state index < -0.39 is 17.7 Å². The van der Waals surface area contributed by atoms with Crippen LogP contribution >= 0.6 is 0 Å². The van der Waals surface area contributed by atoms with Crippen LogP contribution in [-0.2, 0) is 9.59 Å². The number of fused-ring (bicyclic) bond motifs is 1. The number of benzene rings is 3. The van der Waals surface area contributed by atoms with Crippen LogP contribution in [0.15, 0.2) is 72.3 Å². The van der Waals surface area contributed by atoms with E-state index in [-0.39, 0.29) is 11.3 Å². The number of anilines is 1. The van der Waals surface area contributed by atoms with E-state index >= 15 is 0 Å². The van der Waals surface area contributed by atoms with Crippen LogP contribution in [-0.4, -0.2) is 66.9 Å². The molecule has 4 rings (SSSR count). The lowest BCUT2D eigenvalue weighted by atomic mass is 9.93. The van der Waals surface area contributed by atoms with Crippen molar-refractivity contribution in [3.05, 3.63) is 83.4 Å². The van der Waals surface area contributed by atoms with Gasteiger partial charge < -0.3 is 19.8 Å². The molecule has 1 unspecified atom stereocenters. The molecular weight excluding hydrogens is 450 g/mol. The summed E-state index contributed by atoms with van der Waals surface area (Å²) >= 11 is 0. The molecule has 188 valence electrons. The standard InChI is InChI=1S/C30H35N3O3/c1-5-32(6-2)23-17-15-22(16-18-23)27-26(29(35)30(36)33(27)20-10-19-31(3)4)28(34)25-14-9-12-21-11-7-8-13-24(21)25/h7-9,11-18,27,34H,5-6,10,19-20H2,1-4H3/b28-26-. The van der Waals surface area contributed by atoms with Gasteiger partial charge in [-0.1, -0.05) is 54.6 Å². The zero-order valence-corrected chi connectivity index (χ0v) is 21.6. The number of nitrogens with zero attached hydrogens (tertiary/aromatic N) is 3. The predicted octanol–water partition coefficient (Wildman–Crippen LogP) is 5.06. The summed E-state index contributed by atoms with van der Waals surface area (Å²) in [6.07, 6.45) is 0.725. The van der Waals surface area contributed by atoms with Gasteiger partial charge in [0.05, 0.1) is 11.6 Å². The summed E-state index contributed by atoms with van der Waals surface area (Å²) in [5, 5.41) is 13.4. The first-order valence-electron chi connectivity index (χ1n) is 12.6. The van der Waals surface area contributed by atoms with Crippen LogP contribution in [0.4, 0.5) is 5.69 Å². The highest BCUT2D eigenvalue weighted by atomic mass is 16.3. The minimum Gasteiger partial charge on any atom is -0.507 e. The van der Waals surface area contributed by atoms with E-state index in [4.69, 9.17) is 0 Å². The van der Waals surface area contributed by atoms with Gasteiger partial charge in [0.25, 0.3) is 11.7 Å². The molecule has 0 aliphatic carbocycles. The Morgan fingerprint density at radius 3 is 2.25 bits per heavy atom. The third-order valence-electron chi connectivity index (χ3n) is 6.93. The maximum absolute atomic E-state index is 13.4.